The second kappa shape index (κ2) is 6.52. The third-order valence-corrected chi connectivity index (χ3v) is 4.86. The molecule has 0 saturated carbocycles. The highest BCUT2D eigenvalue weighted by atomic mass is 16.2. The van der Waals surface area contributed by atoms with Crippen molar-refractivity contribution in [2.75, 3.05) is 6.54 Å². The highest BCUT2D eigenvalue weighted by Crippen LogP contribution is 2.36. The lowest BCUT2D eigenvalue weighted by atomic mass is 9.87. The smallest absolute Gasteiger partial charge is 0.254 e. The van der Waals surface area contributed by atoms with Crippen molar-refractivity contribution in [1.82, 2.24) is 9.88 Å². The first-order valence-corrected chi connectivity index (χ1v) is 8.59. The molecule has 3 aromatic rings. The Kier molecular flexibility index (Phi) is 4.06. The van der Waals surface area contributed by atoms with E-state index in [0.29, 0.717) is 5.56 Å². The number of nitrogens with zero attached hydrogens (tertiary/aromatic N) is 2. The Bertz CT molecular complexity index is 887. The molecule has 0 unspecified atom stereocenters. The van der Waals surface area contributed by atoms with Crippen molar-refractivity contribution >= 4 is 5.91 Å². The second-order valence-corrected chi connectivity index (χ2v) is 6.50. The molecule has 3 nitrogen and oxygen atoms in total. The van der Waals surface area contributed by atoms with Crippen molar-refractivity contribution in [2.45, 2.75) is 19.4 Å². The van der Waals surface area contributed by atoms with E-state index in [2.05, 4.69) is 60.4 Å². The minimum Gasteiger partial charge on any atom is -0.327 e. The number of carbonyl (C=O) groups is 1. The van der Waals surface area contributed by atoms with Crippen molar-refractivity contribution in [1.29, 1.82) is 0 Å². The zero-order valence-electron chi connectivity index (χ0n) is 14.2. The molecule has 0 saturated heterocycles. The molecule has 3 heteroatoms. The maximum absolute atomic E-state index is 13.2. The number of carbonyl (C=O) groups excluding carboxylic acids is 1. The van der Waals surface area contributed by atoms with Crippen LogP contribution in [0.15, 0.2) is 73.1 Å². The van der Waals surface area contributed by atoms with E-state index >= 15 is 0 Å². The summed E-state index contributed by atoms with van der Waals surface area (Å²) in [6.45, 7) is 2.80. The van der Waals surface area contributed by atoms with Gasteiger partial charge in [0.15, 0.2) is 0 Å². The van der Waals surface area contributed by atoms with Gasteiger partial charge >= 0.3 is 0 Å². The van der Waals surface area contributed by atoms with Crippen molar-refractivity contribution in [3.05, 3.63) is 101 Å². The van der Waals surface area contributed by atoms with Crippen LogP contribution in [-0.2, 0) is 6.42 Å². The average Bonchev–Trinajstić information content (AvgIpc) is 2.68. The zero-order chi connectivity index (χ0) is 17.2. The summed E-state index contributed by atoms with van der Waals surface area (Å²) in [6.07, 6.45) is 4.23. The molecular formula is C22H20N2O. The van der Waals surface area contributed by atoms with Crippen LogP contribution < -0.4 is 0 Å². The highest BCUT2D eigenvalue weighted by Gasteiger charge is 2.32. The molecule has 1 aliphatic rings. The van der Waals surface area contributed by atoms with Crippen molar-refractivity contribution in [3.8, 4) is 0 Å². The van der Waals surface area contributed by atoms with Gasteiger partial charge in [-0.3, -0.25) is 9.78 Å². The Morgan fingerprint density at radius 1 is 1.00 bits per heavy atom. The molecule has 4 rings (SSSR count). The molecule has 2 heterocycles. The van der Waals surface area contributed by atoms with Crippen LogP contribution in [-0.4, -0.2) is 22.3 Å². The summed E-state index contributed by atoms with van der Waals surface area (Å²) in [7, 11) is 0. The summed E-state index contributed by atoms with van der Waals surface area (Å²) < 4.78 is 0. The van der Waals surface area contributed by atoms with E-state index in [1.165, 1.54) is 16.7 Å². The molecule has 1 amide bonds. The molecule has 0 bridgehead atoms. The topological polar surface area (TPSA) is 33.2 Å². The van der Waals surface area contributed by atoms with Gasteiger partial charge in [0.2, 0.25) is 0 Å². The molecule has 0 fully saturated rings. The average molecular weight is 328 g/mol. The largest absolute Gasteiger partial charge is 0.327 e. The van der Waals surface area contributed by atoms with E-state index in [1.54, 1.807) is 24.5 Å². The summed E-state index contributed by atoms with van der Waals surface area (Å²) >= 11 is 0. The van der Waals surface area contributed by atoms with Crippen molar-refractivity contribution < 1.29 is 4.79 Å². The maximum atomic E-state index is 13.2. The number of hydrogen-bond acceptors (Lipinski definition) is 2. The number of benzene rings is 2. The molecule has 2 aromatic carbocycles. The monoisotopic (exact) mass is 328 g/mol. The quantitative estimate of drug-likeness (QED) is 0.707. The van der Waals surface area contributed by atoms with Gasteiger partial charge < -0.3 is 4.90 Å². The number of aromatic nitrogens is 1. The molecule has 25 heavy (non-hydrogen) atoms. The molecule has 1 aromatic heterocycles. The first kappa shape index (κ1) is 15.6. The van der Waals surface area contributed by atoms with Gasteiger partial charge in [-0.15, -0.1) is 0 Å². The Morgan fingerprint density at radius 2 is 1.72 bits per heavy atom. The van der Waals surface area contributed by atoms with E-state index < -0.39 is 0 Å². The SMILES string of the molecule is Cc1ccc([C@@H]2c3ccccc3CCN2C(=O)c2ccncc2)cc1. The van der Waals surface area contributed by atoms with E-state index in [1.807, 2.05) is 4.90 Å². The van der Waals surface area contributed by atoms with Crippen LogP contribution >= 0.6 is 0 Å². The first-order chi connectivity index (χ1) is 12.2. The minimum absolute atomic E-state index is 0.0498. The van der Waals surface area contributed by atoms with Gasteiger partial charge in [0.25, 0.3) is 5.91 Å². The van der Waals surface area contributed by atoms with Gasteiger partial charge in [0.05, 0.1) is 6.04 Å². The Morgan fingerprint density at radius 3 is 2.48 bits per heavy atom. The van der Waals surface area contributed by atoms with Crippen LogP contribution in [0.25, 0.3) is 0 Å². The minimum atomic E-state index is -0.0498. The van der Waals surface area contributed by atoms with Crippen LogP contribution in [0.2, 0.25) is 0 Å². The fourth-order valence-electron chi connectivity index (χ4n) is 3.55. The van der Waals surface area contributed by atoms with Crippen LogP contribution in [0.5, 0.6) is 0 Å². The maximum Gasteiger partial charge on any atom is 0.254 e. The molecular weight excluding hydrogens is 308 g/mol. The summed E-state index contributed by atoms with van der Waals surface area (Å²) in [5, 5.41) is 0. The molecule has 0 N–H and O–H groups in total. The normalized spacial score (nSPS) is 16.4. The molecule has 0 spiro atoms. The van der Waals surface area contributed by atoms with Gasteiger partial charge in [-0.05, 0) is 42.2 Å². The lowest BCUT2D eigenvalue weighted by molar-refractivity contribution is 0.0694. The number of pyridine rings is 1. The van der Waals surface area contributed by atoms with Gasteiger partial charge in [0, 0.05) is 24.5 Å². The highest BCUT2D eigenvalue weighted by molar-refractivity contribution is 5.94. The molecule has 124 valence electrons. The third-order valence-electron chi connectivity index (χ3n) is 4.86. The van der Waals surface area contributed by atoms with Crippen LogP contribution in [0.1, 0.15) is 38.7 Å². The number of rotatable bonds is 2. The van der Waals surface area contributed by atoms with Crippen molar-refractivity contribution in [3.63, 3.8) is 0 Å². The van der Waals surface area contributed by atoms with Crippen molar-refractivity contribution in [2.24, 2.45) is 0 Å². The molecule has 0 radical (unpaired) electrons. The Balaban J connectivity index is 1.80. The zero-order valence-corrected chi connectivity index (χ0v) is 14.2. The molecule has 1 aliphatic heterocycles. The number of hydrogen-bond donors (Lipinski definition) is 0. The van der Waals surface area contributed by atoms with Crippen LogP contribution in [0.4, 0.5) is 0 Å². The Labute approximate surface area is 148 Å². The van der Waals surface area contributed by atoms with Gasteiger partial charge in [-0.2, -0.15) is 0 Å². The lowest BCUT2D eigenvalue weighted by Gasteiger charge is -2.38. The van der Waals surface area contributed by atoms with E-state index in [-0.39, 0.29) is 11.9 Å². The summed E-state index contributed by atoms with van der Waals surface area (Å²) in [5.74, 6) is 0.0579. The first-order valence-electron chi connectivity index (χ1n) is 8.59. The number of fused-ring (bicyclic) bond motifs is 1. The van der Waals surface area contributed by atoms with E-state index in [4.69, 9.17) is 0 Å². The fraction of sp³-hybridized carbons (Fsp3) is 0.182. The van der Waals surface area contributed by atoms with Gasteiger partial charge in [0.1, 0.15) is 0 Å². The van der Waals surface area contributed by atoms with Crippen LogP contribution in [0, 0.1) is 6.92 Å². The van der Waals surface area contributed by atoms with Gasteiger partial charge in [-0.1, -0.05) is 54.1 Å². The second-order valence-electron chi connectivity index (χ2n) is 6.50. The lowest BCUT2D eigenvalue weighted by Crippen LogP contribution is -2.40. The Hall–Kier alpha value is -2.94. The van der Waals surface area contributed by atoms with Gasteiger partial charge in [-0.25, -0.2) is 0 Å². The third kappa shape index (κ3) is 2.93. The molecule has 1 atom stereocenters. The van der Waals surface area contributed by atoms with E-state index in [9.17, 15) is 4.79 Å². The summed E-state index contributed by atoms with van der Waals surface area (Å²) in [6, 6.07) is 20.5. The summed E-state index contributed by atoms with van der Waals surface area (Å²) in [4.78, 5) is 19.2. The predicted molar refractivity (Wildman–Crippen MR) is 98.4 cm³/mol. The van der Waals surface area contributed by atoms with Crippen LogP contribution in [0.3, 0.4) is 0 Å². The fourth-order valence-corrected chi connectivity index (χ4v) is 3.55. The summed E-state index contributed by atoms with van der Waals surface area (Å²) in [5.41, 5.74) is 5.61. The number of amides is 1. The van der Waals surface area contributed by atoms with E-state index in [0.717, 1.165) is 18.5 Å². The predicted octanol–water partition coefficient (Wildman–Crippen LogP) is 4.18. The standard InChI is InChI=1S/C22H20N2O/c1-16-6-8-18(9-7-16)21-20-5-3-2-4-17(20)12-15-24(21)22(25)19-10-13-23-14-11-19/h2-11,13-14,21H,12,15H2,1H3/t21-/m1/s1. The molecule has 0 aliphatic carbocycles. The number of aryl methyl sites for hydroxylation is 1.